The molecule has 0 saturated heterocycles. The van der Waals surface area contributed by atoms with Gasteiger partial charge in [-0.2, -0.15) is 0 Å². The van der Waals surface area contributed by atoms with Crippen LogP contribution < -0.4 is 5.32 Å². The lowest BCUT2D eigenvalue weighted by Gasteiger charge is -2.17. The van der Waals surface area contributed by atoms with Crippen molar-refractivity contribution in [2.24, 2.45) is 0 Å². The molecule has 0 aliphatic rings. The van der Waals surface area contributed by atoms with Crippen molar-refractivity contribution in [3.8, 4) is 0 Å². The van der Waals surface area contributed by atoms with Crippen molar-refractivity contribution >= 4 is 27.4 Å². The molecule has 1 atom stereocenters. The lowest BCUT2D eigenvalue weighted by atomic mass is 10.1. The number of anilines is 1. The fraction of sp³-hybridized carbons (Fsp3) is 0.300. The van der Waals surface area contributed by atoms with Gasteiger partial charge in [-0.3, -0.25) is 4.79 Å². The van der Waals surface area contributed by atoms with E-state index in [1.54, 1.807) is 6.92 Å². The standard InChI is InChI=1S/C20H23NO5S/c1-12-9-10-16(27(5,24)25)11-17(12)20(23)26-15(4)19(22)21-18-13(2)7-6-8-14(18)3/h6-11,15H,1-5H3,(H,21,22)/t15-/m1/s1. The molecule has 1 amide bonds. The zero-order chi connectivity index (χ0) is 20.4. The Morgan fingerprint density at radius 3 is 2.15 bits per heavy atom. The smallest absolute Gasteiger partial charge is 0.339 e. The highest BCUT2D eigenvalue weighted by atomic mass is 32.2. The summed E-state index contributed by atoms with van der Waals surface area (Å²) < 4.78 is 28.7. The van der Waals surface area contributed by atoms with Crippen LogP contribution in [0.4, 0.5) is 5.69 Å². The summed E-state index contributed by atoms with van der Waals surface area (Å²) in [4.78, 5) is 24.9. The average Bonchev–Trinajstić information content (AvgIpc) is 2.57. The number of sulfone groups is 1. The third kappa shape index (κ3) is 4.95. The number of hydrogen-bond donors (Lipinski definition) is 1. The van der Waals surface area contributed by atoms with Crippen molar-refractivity contribution in [3.05, 3.63) is 58.7 Å². The van der Waals surface area contributed by atoms with Crippen LogP contribution >= 0.6 is 0 Å². The fourth-order valence-electron chi connectivity index (χ4n) is 2.57. The van der Waals surface area contributed by atoms with Gasteiger partial charge in [0, 0.05) is 11.9 Å². The van der Waals surface area contributed by atoms with E-state index in [9.17, 15) is 18.0 Å². The van der Waals surface area contributed by atoms with Crippen molar-refractivity contribution in [2.45, 2.75) is 38.7 Å². The van der Waals surface area contributed by atoms with Crippen LogP contribution in [0.1, 0.15) is 34.0 Å². The molecule has 6 nitrogen and oxygen atoms in total. The highest BCUT2D eigenvalue weighted by Crippen LogP contribution is 2.21. The lowest BCUT2D eigenvalue weighted by molar-refractivity contribution is -0.123. The van der Waals surface area contributed by atoms with E-state index in [4.69, 9.17) is 4.74 Å². The van der Waals surface area contributed by atoms with E-state index in [0.717, 1.165) is 17.4 Å². The van der Waals surface area contributed by atoms with Crippen LogP contribution in [0.3, 0.4) is 0 Å². The number of aryl methyl sites for hydroxylation is 3. The monoisotopic (exact) mass is 389 g/mol. The molecule has 0 fully saturated rings. The first-order valence-electron chi connectivity index (χ1n) is 8.39. The number of benzene rings is 2. The molecule has 0 aliphatic heterocycles. The molecule has 27 heavy (non-hydrogen) atoms. The molecule has 0 saturated carbocycles. The Labute approximate surface area is 159 Å². The fourth-order valence-corrected chi connectivity index (χ4v) is 3.21. The summed E-state index contributed by atoms with van der Waals surface area (Å²) in [6.07, 6.45) is 0.0192. The summed E-state index contributed by atoms with van der Waals surface area (Å²) in [5.41, 5.74) is 3.16. The maximum absolute atomic E-state index is 12.4. The molecule has 1 N–H and O–H groups in total. The van der Waals surface area contributed by atoms with E-state index in [-0.39, 0.29) is 10.5 Å². The Bertz CT molecular complexity index is 975. The number of esters is 1. The van der Waals surface area contributed by atoms with Crippen molar-refractivity contribution in [3.63, 3.8) is 0 Å². The minimum atomic E-state index is -3.46. The summed E-state index contributed by atoms with van der Waals surface area (Å²) in [5.74, 6) is -1.21. The van der Waals surface area contributed by atoms with Gasteiger partial charge in [0.2, 0.25) is 0 Å². The van der Waals surface area contributed by atoms with E-state index >= 15 is 0 Å². The number of nitrogens with one attached hydrogen (secondary N) is 1. The van der Waals surface area contributed by atoms with Gasteiger partial charge in [0.05, 0.1) is 10.5 Å². The molecule has 144 valence electrons. The van der Waals surface area contributed by atoms with E-state index in [2.05, 4.69) is 5.32 Å². The van der Waals surface area contributed by atoms with Gasteiger partial charge < -0.3 is 10.1 Å². The Balaban J connectivity index is 2.17. The van der Waals surface area contributed by atoms with Crippen molar-refractivity contribution < 1.29 is 22.7 Å². The predicted octanol–water partition coefficient (Wildman–Crippen LogP) is 3.20. The van der Waals surface area contributed by atoms with E-state index in [1.165, 1.54) is 25.1 Å². The predicted molar refractivity (Wildman–Crippen MR) is 104 cm³/mol. The molecule has 2 aromatic carbocycles. The number of amides is 1. The van der Waals surface area contributed by atoms with Crippen LogP contribution in [0.15, 0.2) is 41.3 Å². The van der Waals surface area contributed by atoms with E-state index < -0.39 is 27.8 Å². The third-order valence-corrected chi connectivity index (χ3v) is 5.35. The Morgan fingerprint density at radius 1 is 1.00 bits per heavy atom. The van der Waals surface area contributed by atoms with E-state index in [1.807, 2.05) is 32.0 Å². The molecule has 7 heteroatoms. The Kier molecular flexibility index (Phi) is 6.05. The van der Waals surface area contributed by atoms with Crippen molar-refractivity contribution in [1.29, 1.82) is 0 Å². The highest BCUT2D eigenvalue weighted by Gasteiger charge is 2.22. The van der Waals surface area contributed by atoms with Crippen LogP contribution in [0.2, 0.25) is 0 Å². The van der Waals surface area contributed by atoms with Crippen molar-refractivity contribution in [1.82, 2.24) is 0 Å². The zero-order valence-electron chi connectivity index (χ0n) is 16.0. The topological polar surface area (TPSA) is 89.5 Å². The molecule has 0 bridgehead atoms. The zero-order valence-corrected chi connectivity index (χ0v) is 16.8. The molecule has 0 unspecified atom stereocenters. The van der Waals surface area contributed by atoms with E-state index in [0.29, 0.717) is 11.3 Å². The summed E-state index contributed by atoms with van der Waals surface area (Å²) >= 11 is 0. The number of ether oxygens (including phenoxy) is 1. The van der Waals surface area contributed by atoms with Gasteiger partial charge in [0.15, 0.2) is 15.9 Å². The van der Waals surface area contributed by atoms with Gasteiger partial charge in [-0.05, 0) is 56.5 Å². The molecule has 2 rings (SSSR count). The van der Waals surface area contributed by atoms with Gasteiger partial charge in [-0.25, -0.2) is 13.2 Å². The molecule has 0 radical (unpaired) electrons. The third-order valence-electron chi connectivity index (χ3n) is 4.24. The lowest BCUT2D eigenvalue weighted by Crippen LogP contribution is -2.30. The maximum atomic E-state index is 12.4. The quantitative estimate of drug-likeness (QED) is 0.793. The minimum Gasteiger partial charge on any atom is -0.449 e. The maximum Gasteiger partial charge on any atom is 0.339 e. The number of carbonyl (C=O) groups is 2. The minimum absolute atomic E-state index is 0.0210. The summed E-state index contributed by atoms with van der Waals surface area (Å²) in [5, 5.41) is 2.77. The molecule has 2 aromatic rings. The molecule has 0 aromatic heterocycles. The second-order valence-electron chi connectivity index (χ2n) is 6.55. The van der Waals surface area contributed by atoms with Crippen molar-refractivity contribution in [2.75, 3.05) is 11.6 Å². The molecular formula is C20H23NO5S. The average molecular weight is 389 g/mol. The molecule has 0 aliphatic carbocycles. The first-order valence-corrected chi connectivity index (χ1v) is 10.3. The second-order valence-corrected chi connectivity index (χ2v) is 8.57. The van der Waals surface area contributed by atoms with Gasteiger partial charge in [0.1, 0.15) is 0 Å². The van der Waals surface area contributed by atoms with Crippen LogP contribution in [0.5, 0.6) is 0 Å². The van der Waals surface area contributed by atoms with Crippen LogP contribution in [0, 0.1) is 20.8 Å². The van der Waals surface area contributed by atoms with Gasteiger partial charge in [-0.15, -0.1) is 0 Å². The Morgan fingerprint density at radius 2 is 1.59 bits per heavy atom. The largest absolute Gasteiger partial charge is 0.449 e. The van der Waals surface area contributed by atoms with Crippen LogP contribution in [-0.2, 0) is 19.4 Å². The summed E-state index contributed by atoms with van der Waals surface area (Å²) in [7, 11) is -3.46. The molecule has 0 spiro atoms. The van der Waals surface area contributed by atoms with Crippen LogP contribution in [-0.4, -0.2) is 32.7 Å². The van der Waals surface area contributed by atoms with Gasteiger partial charge in [0.25, 0.3) is 5.91 Å². The number of carbonyl (C=O) groups excluding carboxylic acids is 2. The first-order chi connectivity index (χ1) is 12.5. The van der Waals surface area contributed by atoms with Crippen LogP contribution in [0.25, 0.3) is 0 Å². The summed E-state index contributed by atoms with van der Waals surface area (Å²) in [6.45, 7) is 6.89. The first kappa shape index (κ1) is 20.6. The van der Waals surface area contributed by atoms with Gasteiger partial charge >= 0.3 is 5.97 Å². The Hall–Kier alpha value is -2.67. The normalized spacial score (nSPS) is 12.3. The number of para-hydroxylation sites is 1. The molecule has 0 heterocycles. The number of hydrogen-bond acceptors (Lipinski definition) is 5. The SMILES string of the molecule is Cc1ccc(S(C)(=O)=O)cc1C(=O)O[C@H](C)C(=O)Nc1c(C)cccc1C. The highest BCUT2D eigenvalue weighted by molar-refractivity contribution is 7.90. The second kappa shape index (κ2) is 7.92. The summed E-state index contributed by atoms with van der Waals surface area (Å²) in [6, 6.07) is 9.87. The van der Waals surface area contributed by atoms with Gasteiger partial charge in [-0.1, -0.05) is 24.3 Å². The number of rotatable bonds is 5. The molecular weight excluding hydrogens is 366 g/mol.